The van der Waals surface area contributed by atoms with Crippen molar-refractivity contribution in [3.05, 3.63) is 30.3 Å². The molecule has 1 saturated heterocycles. The number of piperazine rings is 1. The van der Waals surface area contributed by atoms with Crippen LogP contribution in [-0.4, -0.2) is 78.9 Å². The molecule has 1 aromatic carbocycles. The second-order valence-corrected chi connectivity index (χ2v) is 7.56. The van der Waals surface area contributed by atoms with Gasteiger partial charge in [-0.2, -0.15) is 0 Å². The zero-order chi connectivity index (χ0) is 18.4. The van der Waals surface area contributed by atoms with Crippen LogP contribution in [0.2, 0.25) is 0 Å². The molecule has 25 heavy (non-hydrogen) atoms. The largest absolute Gasteiger partial charge is 0.389 e. The molecule has 6 heteroatoms. The number of urea groups is 1. The fourth-order valence-electron chi connectivity index (χ4n) is 3.21. The van der Waals surface area contributed by atoms with Crippen LogP contribution in [-0.2, 0) is 0 Å². The predicted molar refractivity (Wildman–Crippen MR) is 102 cm³/mol. The Morgan fingerprint density at radius 1 is 1.24 bits per heavy atom. The molecule has 1 fully saturated rings. The lowest BCUT2D eigenvalue weighted by Crippen LogP contribution is -2.53. The third-order valence-corrected chi connectivity index (χ3v) is 4.58. The number of nitrogens with zero attached hydrogens (tertiary/aromatic N) is 3. The summed E-state index contributed by atoms with van der Waals surface area (Å²) in [5.74, 6) is 0. The third kappa shape index (κ3) is 6.21. The second-order valence-electron chi connectivity index (χ2n) is 7.56. The number of para-hydroxylation sites is 1. The SMILES string of the molecule is CC(CNC(=O)N(C)CC(C)(C)O)N1CCN(c2ccccc2)CC1. The summed E-state index contributed by atoms with van der Waals surface area (Å²) in [6, 6.07) is 10.6. The van der Waals surface area contributed by atoms with Gasteiger partial charge in [0.05, 0.1) is 12.1 Å². The van der Waals surface area contributed by atoms with Crippen LogP contribution in [0.15, 0.2) is 30.3 Å². The number of hydrogen-bond acceptors (Lipinski definition) is 4. The number of carbonyl (C=O) groups excluding carboxylic acids is 1. The van der Waals surface area contributed by atoms with Gasteiger partial charge < -0.3 is 20.2 Å². The summed E-state index contributed by atoms with van der Waals surface area (Å²) in [5.41, 5.74) is 0.391. The summed E-state index contributed by atoms with van der Waals surface area (Å²) in [6.45, 7) is 10.5. The highest BCUT2D eigenvalue weighted by molar-refractivity contribution is 5.73. The van der Waals surface area contributed by atoms with Gasteiger partial charge in [-0.3, -0.25) is 4.90 Å². The lowest BCUT2D eigenvalue weighted by molar-refractivity contribution is 0.0529. The minimum absolute atomic E-state index is 0.142. The second kappa shape index (κ2) is 8.54. The van der Waals surface area contributed by atoms with Gasteiger partial charge in [0.2, 0.25) is 0 Å². The van der Waals surface area contributed by atoms with E-state index in [-0.39, 0.29) is 12.1 Å². The molecule has 1 aliphatic rings. The molecular formula is C19H32N4O2. The number of rotatable bonds is 6. The molecule has 1 aliphatic heterocycles. The minimum atomic E-state index is -0.883. The highest BCUT2D eigenvalue weighted by atomic mass is 16.3. The Bertz CT molecular complexity index is 536. The van der Waals surface area contributed by atoms with Gasteiger partial charge >= 0.3 is 6.03 Å². The molecule has 0 saturated carbocycles. The normalized spacial score (nSPS) is 17.2. The smallest absolute Gasteiger partial charge is 0.317 e. The maximum absolute atomic E-state index is 12.1. The van der Waals surface area contributed by atoms with Crippen LogP contribution in [0.3, 0.4) is 0 Å². The van der Waals surface area contributed by atoms with Crippen molar-refractivity contribution in [2.75, 3.05) is 51.2 Å². The predicted octanol–water partition coefficient (Wildman–Crippen LogP) is 1.61. The fraction of sp³-hybridized carbons (Fsp3) is 0.632. The molecule has 6 nitrogen and oxygen atoms in total. The lowest BCUT2D eigenvalue weighted by Gasteiger charge is -2.39. The quantitative estimate of drug-likeness (QED) is 0.820. The summed E-state index contributed by atoms with van der Waals surface area (Å²) in [5, 5.41) is 12.8. The van der Waals surface area contributed by atoms with E-state index in [0.717, 1.165) is 26.2 Å². The summed E-state index contributed by atoms with van der Waals surface area (Å²) in [7, 11) is 1.70. The molecule has 140 valence electrons. The Balaban J connectivity index is 1.73. The molecule has 0 spiro atoms. The van der Waals surface area contributed by atoms with Gasteiger partial charge in [-0.25, -0.2) is 4.79 Å². The number of anilines is 1. The fourth-order valence-corrected chi connectivity index (χ4v) is 3.21. The van der Waals surface area contributed by atoms with Crippen LogP contribution in [0.5, 0.6) is 0 Å². The third-order valence-electron chi connectivity index (χ3n) is 4.58. The van der Waals surface area contributed by atoms with Gasteiger partial charge in [0.1, 0.15) is 0 Å². The molecule has 0 aromatic heterocycles. The van der Waals surface area contributed by atoms with Crippen LogP contribution in [0.25, 0.3) is 0 Å². The van der Waals surface area contributed by atoms with Gasteiger partial charge in [-0.05, 0) is 32.9 Å². The Morgan fingerprint density at radius 2 is 1.84 bits per heavy atom. The lowest BCUT2D eigenvalue weighted by atomic mass is 10.1. The molecular weight excluding hydrogens is 316 g/mol. The maximum atomic E-state index is 12.1. The van der Waals surface area contributed by atoms with Gasteiger partial charge in [0.25, 0.3) is 0 Å². The van der Waals surface area contributed by atoms with Crippen molar-refractivity contribution in [3.63, 3.8) is 0 Å². The molecule has 0 radical (unpaired) electrons. The van der Waals surface area contributed by atoms with Gasteiger partial charge in [-0.15, -0.1) is 0 Å². The summed E-state index contributed by atoms with van der Waals surface area (Å²) >= 11 is 0. The molecule has 2 amide bonds. The van der Waals surface area contributed by atoms with E-state index in [1.165, 1.54) is 10.6 Å². The van der Waals surface area contributed by atoms with E-state index in [1.54, 1.807) is 20.9 Å². The first kappa shape index (κ1) is 19.5. The maximum Gasteiger partial charge on any atom is 0.317 e. The molecule has 0 bridgehead atoms. The van der Waals surface area contributed by atoms with Crippen LogP contribution in [0.1, 0.15) is 20.8 Å². The van der Waals surface area contributed by atoms with Gasteiger partial charge in [0.15, 0.2) is 0 Å². The Hall–Kier alpha value is -1.79. The van der Waals surface area contributed by atoms with Crippen molar-refractivity contribution >= 4 is 11.7 Å². The minimum Gasteiger partial charge on any atom is -0.389 e. The van der Waals surface area contributed by atoms with Crippen molar-refractivity contribution in [2.24, 2.45) is 0 Å². The highest BCUT2D eigenvalue weighted by Crippen LogP contribution is 2.16. The topological polar surface area (TPSA) is 59.1 Å². The van der Waals surface area contributed by atoms with Crippen LogP contribution < -0.4 is 10.2 Å². The number of carbonyl (C=O) groups is 1. The van der Waals surface area contributed by atoms with Crippen molar-refractivity contribution in [1.82, 2.24) is 15.1 Å². The number of nitrogens with one attached hydrogen (secondary N) is 1. The zero-order valence-corrected chi connectivity index (χ0v) is 15.9. The molecule has 1 unspecified atom stereocenters. The number of likely N-dealkylation sites (N-methyl/N-ethyl adjacent to an activating group) is 1. The number of aliphatic hydroxyl groups is 1. The molecule has 0 aliphatic carbocycles. The summed E-state index contributed by atoms with van der Waals surface area (Å²) < 4.78 is 0. The van der Waals surface area contributed by atoms with Gasteiger partial charge in [0, 0.05) is 51.5 Å². The molecule has 1 aromatic rings. The monoisotopic (exact) mass is 348 g/mol. The average Bonchev–Trinajstić information content (AvgIpc) is 2.58. The van der Waals surface area contributed by atoms with E-state index in [2.05, 4.69) is 46.3 Å². The number of benzene rings is 1. The first-order valence-electron chi connectivity index (χ1n) is 9.01. The first-order chi connectivity index (χ1) is 11.8. The van der Waals surface area contributed by atoms with E-state index in [1.807, 2.05) is 6.07 Å². The average molecular weight is 348 g/mol. The van der Waals surface area contributed by atoms with E-state index < -0.39 is 5.60 Å². The summed E-state index contributed by atoms with van der Waals surface area (Å²) in [6.07, 6.45) is 0. The number of hydrogen-bond donors (Lipinski definition) is 2. The summed E-state index contributed by atoms with van der Waals surface area (Å²) in [4.78, 5) is 18.5. The van der Waals surface area contributed by atoms with Crippen molar-refractivity contribution in [2.45, 2.75) is 32.4 Å². The molecule has 2 N–H and O–H groups in total. The van der Waals surface area contributed by atoms with Crippen LogP contribution in [0.4, 0.5) is 10.5 Å². The van der Waals surface area contributed by atoms with E-state index in [9.17, 15) is 9.90 Å². The Morgan fingerprint density at radius 3 is 2.40 bits per heavy atom. The van der Waals surface area contributed by atoms with Crippen LogP contribution >= 0.6 is 0 Å². The molecule has 1 heterocycles. The zero-order valence-electron chi connectivity index (χ0n) is 15.9. The molecule has 2 rings (SSSR count). The van der Waals surface area contributed by atoms with E-state index >= 15 is 0 Å². The Kier molecular flexibility index (Phi) is 6.67. The van der Waals surface area contributed by atoms with Crippen molar-refractivity contribution < 1.29 is 9.90 Å². The van der Waals surface area contributed by atoms with Crippen molar-refractivity contribution in [1.29, 1.82) is 0 Å². The van der Waals surface area contributed by atoms with E-state index in [4.69, 9.17) is 0 Å². The Labute approximate surface area is 151 Å². The number of amides is 2. The standard InChI is InChI=1S/C19H32N4O2/c1-16(14-20-18(24)21(4)15-19(2,3)25)22-10-12-23(13-11-22)17-8-6-5-7-9-17/h5-9,16,25H,10-15H2,1-4H3,(H,20,24). The van der Waals surface area contributed by atoms with Crippen LogP contribution in [0, 0.1) is 0 Å². The van der Waals surface area contributed by atoms with Gasteiger partial charge in [-0.1, -0.05) is 18.2 Å². The molecule has 1 atom stereocenters. The van der Waals surface area contributed by atoms with E-state index in [0.29, 0.717) is 13.1 Å². The highest BCUT2D eigenvalue weighted by Gasteiger charge is 2.23. The van der Waals surface area contributed by atoms with Crippen molar-refractivity contribution in [3.8, 4) is 0 Å². The first-order valence-corrected chi connectivity index (χ1v) is 9.01.